The van der Waals surface area contributed by atoms with Crippen LogP contribution in [-0.4, -0.2) is 96.7 Å². The van der Waals surface area contributed by atoms with Crippen LogP contribution in [0.15, 0.2) is 0 Å². The summed E-state index contributed by atoms with van der Waals surface area (Å²) in [4.78, 5) is 72.2. The van der Waals surface area contributed by atoms with Crippen LogP contribution in [0.1, 0.15) is 330 Å². The summed E-state index contributed by atoms with van der Waals surface area (Å²) in [5, 5.41) is 10.5. The topological polar surface area (TPSA) is 237 Å². The minimum absolute atomic E-state index is 0.103. The van der Waals surface area contributed by atoms with E-state index in [4.69, 9.17) is 37.0 Å². The fourth-order valence-corrected chi connectivity index (χ4v) is 11.3. The quantitative estimate of drug-likeness (QED) is 0.0222. The van der Waals surface area contributed by atoms with Crippen molar-refractivity contribution in [1.29, 1.82) is 0 Å². The average Bonchev–Trinajstić information content (AvgIpc) is 3.50. The predicted octanol–water partition coefficient (Wildman–Crippen LogP) is 18.2. The average molecular weight is 1240 g/mol. The molecule has 0 fully saturated rings. The van der Waals surface area contributed by atoms with Gasteiger partial charge in [-0.15, -0.1) is 0 Å². The Morgan fingerprint density at radius 3 is 0.845 bits per heavy atom. The van der Waals surface area contributed by atoms with Crippen LogP contribution >= 0.6 is 15.6 Å². The van der Waals surface area contributed by atoms with Crippen LogP contribution in [0.5, 0.6) is 0 Å². The van der Waals surface area contributed by atoms with Crippen molar-refractivity contribution in [3.8, 4) is 0 Å². The van der Waals surface area contributed by atoms with Crippen LogP contribution in [0.2, 0.25) is 0 Å². The highest BCUT2D eigenvalue weighted by Gasteiger charge is 2.30. The third kappa shape index (κ3) is 57.8. The van der Waals surface area contributed by atoms with Gasteiger partial charge >= 0.3 is 39.5 Å². The number of hydrogen-bond acceptors (Lipinski definition) is 15. The van der Waals surface area contributed by atoms with E-state index in [-0.39, 0.29) is 25.7 Å². The lowest BCUT2D eigenvalue weighted by molar-refractivity contribution is -0.161. The van der Waals surface area contributed by atoms with Gasteiger partial charge in [0.1, 0.15) is 19.3 Å². The minimum atomic E-state index is -4.94. The van der Waals surface area contributed by atoms with E-state index < -0.39 is 97.5 Å². The number of aliphatic hydroxyl groups excluding tert-OH is 1. The molecule has 498 valence electrons. The number of esters is 4. The van der Waals surface area contributed by atoms with E-state index in [0.717, 1.165) is 95.8 Å². The summed E-state index contributed by atoms with van der Waals surface area (Å²) in [6, 6.07) is 0. The summed E-state index contributed by atoms with van der Waals surface area (Å²) in [5.41, 5.74) is 0. The maximum Gasteiger partial charge on any atom is 0.472 e. The molecule has 0 aliphatic carbocycles. The normalized spacial score (nSPS) is 14.5. The summed E-state index contributed by atoms with van der Waals surface area (Å²) in [7, 11) is -9.89. The summed E-state index contributed by atoms with van der Waals surface area (Å²) >= 11 is 0. The third-order valence-corrected chi connectivity index (χ3v) is 17.3. The van der Waals surface area contributed by atoms with E-state index in [1.54, 1.807) is 0 Å². The Kier molecular flexibility index (Phi) is 57.4. The molecule has 0 saturated carbocycles. The molecular formula is C65H126O17P2. The molecule has 0 heterocycles. The van der Waals surface area contributed by atoms with Crippen LogP contribution < -0.4 is 0 Å². The molecule has 0 aromatic carbocycles. The lowest BCUT2D eigenvalue weighted by atomic mass is 10.00. The number of hydrogen-bond donors (Lipinski definition) is 3. The molecule has 3 N–H and O–H groups in total. The Balaban J connectivity index is 5.24. The van der Waals surface area contributed by atoms with E-state index in [9.17, 15) is 43.2 Å². The number of unbranched alkanes of at least 4 members (excludes halogenated alkanes) is 36. The van der Waals surface area contributed by atoms with Gasteiger partial charge in [0.25, 0.3) is 0 Å². The van der Waals surface area contributed by atoms with Crippen LogP contribution in [0.4, 0.5) is 0 Å². The molecule has 0 aliphatic heterocycles. The van der Waals surface area contributed by atoms with Crippen molar-refractivity contribution in [3.05, 3.63) is 0 Å². The second-order valence-electron chi connectivity index (χ2n) is 23.7. The van der Waals surface area contributed by atoms with Crippen LogP contribution in [0.25, 0.3) is 0 Å². The van der Waals surface area contributed by atoms with Crippen LogP contribution in [0.3, 0.4) is 0 Å². The highest BCUT2D eigenvalue weighted by Crippen LogP contribution is 2.45. The monoisotopic (exact) mass is 1240 g/mol. The van der Waals surface area contributed by atoms with Gasteiger partial charge in [0.15, 0.2) is 12.2 Å². The van der Waals surface area contributed by atoms with Crippen molar-refractivity contribution in [2.24, 2.45) is 5.92 Å². The molecular weight excluding hydrogens is 1110 g/mol. The second kappa shape index (κ2) is 58.7. The highest BCUT2D eigenvalue weighted by molar-refractivity contribution is 7.47. The Morgan fingerprint density at radius 2 is 0.571 bits per heavy atom. The SMILES string of the molecule is CCCCCCCCCCCCCCCCC(=O)O[C@H](COC(=O)CCCCCCCCCCCCC)COP(=O)(O)OC[C@@H](O)COP(=O)(O)OC[C@@H](COC(=O)CCCCCCCCCCC)OC(=O)CCCCCCCCC(C)CC. The van der Waals surface area contributed by atoms with Crippen molar-refractivity contribution >= 4 is 39.5 Å². The van der Waals surface area contributed by atoms with Crippen molar-refractivity contribution < 1.29 is 80.2 Å². The minimum Gasteiger partial charge on any atom is -0.462 e. The van der Waals surface area contributed by atoms with Gasteiger partial charge in [-0.3, -0.25) is 37.3 Å². The first-order valence-electron chi connectivity index (χ1n) is 34.2. The molecule has 19 heteroatoms. The van der Waals surface area contributed by atoms with Gasteiger partial charge < -0.3 is 33.8 Å². The van der Waals surface area contributed by atoms with Crippen LogP contribution in [-0.2, 0) is 65.4 Å². The van der Waals surface area contributed by atoms with Crippen molar-refractivity contribution in [1.82, 2.24) is 0 Å². The smallest absolute Gasteiger partial charge is 0.462 e. The van der Waals surface area contributed by atoms with Gasteiger partial charge in [-0.1, -0.05) is 279 Å². The maximum atomic E-state index is 13.0. The molecule has 0 bridgehead atoms. The largest absolute Gasteiger partial charge is 0.472 e. The molecule has 0 aromatic heterocycles. The summed E-state index contributed by atoms with van der Waals surface area (Å²) < 4.78 is 68.0. The Bertz CT molecular complexity index is 1640. The van der Waals surface area contributed by atoms with Gasteiger partial charge in [-0.2, -0.15) is 0 Å². The number of ether oxygens (including phenoxy) is 4. The van der Waals surface area contributed by atoms with E-state index in [2.05, 4.69) is 34.6 Å². The number of rotatable bonds is 65. The fourth-order valence-electron chi connectivity index (χ4n) is 9.73. The first kappa shape index (κ1) is 82.1. The molecule has 0 amide bonds. The Morgan fingerprint density at radius 1 is 0.333 bits per heavy atom. The molecule has 84 heavy (non-hydrogen) atoms. The number of aliphatic hydroxyl groups is 1. The van der Waals surface area contributed by atoms with Crippen molar-refractivity contribution in [2.45, 2.75) is 348 Å². The molecule has 0 radical (unpaired) electrons. The van der Waals surface area contributed by atoms with E-state index in [1.807, 2.05) is 0 Å². The van der Waals surface area contributed by atoms with Gasteiger partial charge in [0.05, 0.1) is 26.4 Å². The van der Waals surface area contributed by atoms with Gasteiger partial charge in [-0.25, -0.2) is 9.13 Å². The van der Waals surface area contributed by atoms with Crippen LogP contribution in [0, 0.1) is 5.92 Å². The highest BCUT2D eigenvalue weighted by atomic mass is 31.2. The molecule has 0 spiro atoms. The van der Waals surface area contributed by atoms with E-state index in [1.165, 1.54) is 154 Å². The Labute approximate surface area is 511 Å². The zero-order valence-electron chi connectivity index (χ0n) is 54.0. The van der Waals surface area contributed by atoms with E-state index >= 15 is 0 Å². The van der Waals surface area contributed by atoms with Crippen molar-refractivity contribution in [2.75, 3.05) is 39.6 Å². The third-order valence-electron chi connectivity index (χ3n) is 15.4. The first-order chi connectivity index (χ1) is 40.6. The lowest BCUT2D eigenvalue weighted by Gasteiger charge is -2.21. The first-order valence-corrected chi connectivity index (χ1v) is 37.2. The second-order valence-corrected chi connectivity index (χ2v) is 26.7. The lowest BCUT2D eigenvalue weighted by Crippen LogP contribution is -2.30. The fraction of sp³-hybridized carbons (Fsp3) is 0.938. The number of phosphoric acid groups is 2. The number of carbonyl (C=O) groups excluding carboxylic acids is 4. The molecule has 0 aromatic rings. The molecule has 0 aliphatic rings. The Hall–Kier alpha value is -1.94. The molecule has 6 atom stereocenters. The summed E-state index contributed by atoms with van der Waals surface area (Å²) in [6.45, 7) is 7.14. The van der Waals surface area contributed by atoms with Gasteiger partial charge in [-0.05, 0) is 31.6 Å². The predicted molar refractivity (Wildman–Crippen MR) is 335 cm³/mol. The standard InChI is InChI=1S/C65H126O17P2/c1-6-10-13-16-19-22-24-25-26-28-31-34-40-45-50-64(69)81-60(54-76-63(68)49-44-39-33-30-27-23-20-17-14-11-7-2)56-79-83(71,72)77-52-59(66)53-78-84(73,74)80-57-61(55-75-62(67)48-43-38-32-29-21-18-15-12-8-3)82-65(70)51-46-41-36-35-37-42-47-58(5)9-4/h58-61,66H,6-57H2,1-5H3,(H,71,72)(H,73,74)/t58?,59-,60-,61-/m1/s1. The molecule has 0 rings (SSSR count). The number of phosphoric ester groups is 2. The van der Waals surface area contributed by atoms with Crippen molar-refractivity contribution in [3.63, 3.8) is 0 Å². The summed E-state index contributed by atoms with van der Waals surface area (Å²) in [6.07, 6.45) is 43.0. The zero-order chi connectivity index (χ0) is 62.0. The molecule has 3 unspecified atom stereocenters. The van der Waals surface area contributed by atoms with E-state index in [0.29, 0.717) is 25.7 Å². The summed E-state index contributed by atoms with van der Waals surface area (Å²) in [5.74, 6) is -1.41. The molecule has 0 saturated heterocycles. The maximum absolute atomic E-state index is 13.0. The number of carbonyl (C=O) groups is 4. The van der Waals surface area contributed by atoms with Gasteiger partial charge in [0, 0.05) is 25.7 Å². The van der Waals surface area contributed by atoms with Gasteiger partial charge in [0.2, 0.25) is 0 Å². The zero-order valence-corrected chi connectivity index (χ0v) is 55.8. The molecule has 17 nitrogen and oxygen atoms in total.